The van der Waals surface area contributed by atoms with E-state index in [1.807, 2.05) is 0 Å². The van der Waals surface area contributed by atoms with Crippen molar-refractivity contribution in [1.82, 2.24) is 0 Å². The Kier molecular flexibility index (Phi) is 8.14. The van der Waals surface area contributed by atoms with Crippen LogP contribution in [0.4, 0.5) is 0 Å². The van der Waals surface area contributed by atoms with Crippen LogP contribution in [0.1, 0.15) is 13.3 Å². The van der Waals surface area contributed by atoms with Gasteiger partial charge in [-0.3, -0.25) is 0 Å². The molecule has 0 aromatic heterocycles. The number of halogens is 2. The van der Waals surface area contributed by atoms with E-state index in [9.17, 15) is 19.5 Å². The normalized spacial score (nSPS) is 18.6. The molecule has 0 saturated heterocycles. The predicted molar refractivity (Wildman–Crippen MR) is 46.1 cm³/mol. The maximum Gasteiger partial charge on any atom is 0.363 e. The second-order valence-corrected chi connectivity index (χ2v) is 2.94. The van der Waals surface area contributed by atoms with Crippen molar-refractivity contribution in [2.24, 2.45) is 0 Å². The van der Waals surface area contributed by atoms with Gasteiger partial charge in [-0.05, 0) is 6.42 Å². The summed E-state index contributed by atoms with van der Waals surface area (Å²) in [6, 6.07) is 0. The summed E-state index contributed by atoms with van der Waals surface area (Å²) in [7, 11) is 1.47. The Morgan fingerprint density at radius 3 is 2.00 bits per heavy atom. The topological polar surface area (TPSA) is 78.7 Å². The highest BCUT2D eigenvalue weighted by Crippen LogP contribution is 2.01. The van der Waals surface area contributed by atoms with Crippen LogP contribution in [0.5, 0.6) is 0 Å². The van der Waals surface area contributed by atoms with Gasteiger partial charge in [0.05, 0.1) is 13.1 Å². The lowest BCUT2D eigenvalue weighted by Gasteiger charge is -1.95. The molecule has 0 aliphatic carbocycles. The maximum atomic E-state index is 10.7. The zero-order valence-corrected chi connectivity index (χ0v) is 9.69. The number of nitrogens with one attached hydrogen (secondary N) is 1. The number of amides is 2. The highest BCUT2D eigenvalue weighted by atomic mass is 35.5. The molecule has 0 saturated carbocycles. The van der Waals surface area contributed by atoms with Crippen LogP contribution >= 0.6 is 11.6 Å². The zero-order chi connectivity index (χ0) is 11.3. The summed E-state index contributed by atoms with van der Waals surface area (Å²) < 4.78 is 0. The number of hydrogen-bond donors (Lipinski definition) is 1. The third kappa shape index (κ3) is 5.51. The third-order valence-electron chi connectivity index (χ3n) is 1.47. The third-order valence-corrected chi connectivity index (χ3v) is 1.75. The molecular weight excluding hydrogens is 245 g/mol. The minimum atomic E-state index is -0.995. The SMILES string of the molecule is CCC(=O)[O-].C[NH+]1C(=O)C=C(Cl)C1=O.[Cl-]. The lowest BCUT2D eigenvalue weighted by molar-refractivity contribution is -0.705. The van der Waals surface area contributed by atoms with Gasteiger partial charge in [0.1, 0.15) is 0 Å². The van der Waals surface area contributed by atoms with Gasteiger partial charge < -0.3 is 22.3 Å². The first-order valence-corrected chi connectivity index (χ1v) is 4.27. The van der Waals surface area contributed by atoms with Gasteiger partial charge in [0, 0.05) is 5.97 Å². The lowest BCUT2D eigenvalue weighted by Crippen LogP contribution is -3.12. The summed E-state index contributed by atoms with van der Waals surface area (Å²) in [6.45, 7) is 1.54. The van der Waals surface area contributed by atoms with Gasteiger partial charge in [0.15, 0.2) is 5.03 Å². The van der Waals surface area contributed by atoms with Crippen molar-refractivity contribution in [2.45, 2.75) is 13.3 Å². The van der Waals surface area contributed by atoms with Crippen molar-refractivity contribution in [2.75, 3.05) is 7.05 Å². The van der Waals surface area contributed by atoms with Crippen LogP contribution in [0.2, 0.25) is 0 Å². The van der Waals surface area contributed by atoms with Gasteiger partial charge in [0.25, 0.3) is 0 Å². The molecule has 1 atom stereocenters. The second kappa shape index (κ2) is 7.39. The standard InChI is InChI=1S/C5H4ClNO2.C3H6O2.ClH/c1-7-4(8)2-3(6)5(7)9;1-2-3(4)5;/h2H,1H3;2H2,1H3,(H,4,5);1H/p-1. The van der Waals surface area contributed by atoms with E-state index in [-0.39, 0.29) is 40.6 Å². The number of likely N-dealkylation sites (N-methyl/N-ethyl adjacent to an activating group) is 1. The average Bonchev–Trinajstić information content (AvgIpc) is 2.34. The zero-order valence-electron chi connectivity index (χ0n) is 8.17. The minimum absolute atomic E-state index is 0. The summed E-state index contributed by atoms with van der Waals surface area (Å²) in [5, 5.41) is 9.28. The molecule has 0 aromatic carbocycles. The molecule has 7 heteroatoms. The predicted octanol–water partition coefficient (Wildman–Crippen LogP) is -5.16. The van der Waals surface area contributed by atoms with Gasteiger partial charge in [-0.1, -0.05) is 18.5 Å². The first-order chi connectivity index (χ1) is 6.40. The quantitative estimate of drug-likeness (QED) is 0.475. The lowest BCUT2D eigenvalue weighted by atomic mass is 10.5. The van der Waals surface area contributed by atoms with Crippen molar-refractivity contribution in [1.29, 1.82) is 0 Å². The van der Waals surface area contributed by atoms with E-state index in [2.05, 4.69) is 0 Å². The number of imide groups is 1. The van der Waals surface area contributed by atoms with Crippen LogP contribution < -0.4 is 22.4 Å². The molecule has 1 rings (SSSR count). The number of carbonyl (C=O) groups is 3. The Morgan fingerprint density at radius 1 is 1.53 bits per heavy atom. The number of carboxylic acid groups (broad SMARTS) is 1. The molecule has 0 radical (unpaired) electrons. The van der Waals surface area contributed by atoms with Crippen LogP contribution in [0.15, 0.2) is 11.1 Å². The summed E-state index contributed by atoms with van der Waals surface area (Å²) in [5.74, 6) is -1.61. The van der Waals surface area contributed by atoms with Crippen LogP contribution in [0, 0.1) is 0 Å². The number of carbonyl (C=O) groups excluding carboxylic acids is 3. The number of aliphatic carboxylic acids is 1. The van der Waals surface area contributed by atoms with Crippen LogP contribution in [0.25, 0.3) is 0 Å². The van der Waals surface area contributed by atoms with Crippen LogP contribution in [-0.4, -0.2) is 24.8 Å². The molecule has 0 bridgehead atoms. The summed E-state index contributed by atoms with van der Waals surface area (Å²) >= 11 is 5.32. The van der Waals surface area contributed by atoms with E-state index in [0.29, 0.717) is 0 Å². The first kappa shape index (κ1) is 16.5. The summed E-state index contributed by atoms with van der Waals surface area (Å²) in [6.07, 6.45) is 1.25. The number of carboxylic acids is 1. The van der Waals surface area contributed by atoms with Gasteiger partial charge in [-0.2, -0.15) is 0 Å². The van der Waals surface area contributed by atoms with Crippen LogP contribution in [-0.2, 0) is 14.4 Å². The van der Waals surface area contributed by atoms with Crippen molar-refractivity contribution in [3.8, 4) is 0 Å². The van der Waals surface area contributed by atoms with Gasteiger partial charge in [-0.15, -0.1) is 0 Å². The highest BCUT2D eigenvalue weighted by molar-refractivity contribution is 6.43. The molecule has 2 amide bonds. The first-order valence-electron chi connectivity index (χ1n) is 3.89. The molecule has 1 aliphatic rings. The fraction of sp³-hybridized carbons (Fsp3) is 0.375. The van der Waals surface area contributed by atoms with E-state index in [1.165, 1.54) is 14.0 Å². The molecule has 1 aliphatic heterocycles. The molecule has 1 N–H and O–H groups in total. The summed E-state index contributed by atoms with van der Waals surface area (Å²) in [5.41, 5.74) is 0. The number of rotatable bonds is 1. The monoisotopic (exact) mass is 254 g/mol. The van der Waals surface area contributed by atoms with E-state index < -0.39 is 5.97 Å². The Labute approximate surface area is 98.1 Å². The summed E-state index contributed by atoms with van der Waals surface area (Å²) in [4.78, 5) is 30.7. The van der Waals surface area contributed by atoms with E-state index in [1.54, 1.807) is 0 Å². The minimum Gasteiger partial charge on any atom is -1.00 e. The average molecular weight is 255 g/mol. The van der Waals surface area contributed by atoms with Crippen LogP contribution in [0.3, 0.4) is 0 Å². The van der Waals surface area contributed by atoms with Gasteiger partial charge >= 0.3 is 11.8 Å². The molecule has 15 heavy (non-hydrogen) atoms. The molecule has 0 fully saturated rings. The Hall–Kier alpha value is -0.910. The molecule has 86 valence electrons. The molecule has 1 heterocycles. The Morgan fingerprint density at radius 2 is 1.93 bits per heavy atom. The maximum absolute atomic E-state index is 10.7. The molecule has 1 unspecified atom stereocenters. The smallest absolute Gasteiger partial charge is 0.363 e. The fourth-order valence-electron chi connectivity index (χ4n) is 0.580. The van der Waals surface area contributed by atoms with Crippen molar-refractivity contribution >= 4 is 29.4 Å². The Balaban J connectivity index is 0. The molecule has 0 aromatic rings. The van der Waals surface area contributed by atoms with Crippen molar-refractivity contribution < 1.29 is 36.8 Å². The number of hydrogen-bond acceptors (Lipinski definition) is 4. The van der Waals surface area contributed by atoms with E-state index in [4.69, 9.17) is 11.6 Å². The second-order valence-electron chi connectivity index (χ2n) is 2.54. The molecular formula is C8H10Cl2NO4-. The van der Waals surface area contributed by atoms with Gasteiger partial charge in [0.2, 0.25) is 0 Å². The van der Waals surface area contributed by atoms with E-state index in [0.717, 1.165) is 6.08 Å². The molecule has 5 nitrogen and oxygen atoms in total. The van der Waals surface area contributed by atoms with Crippen molar-refractivity contribution in [3.05, 3.63) is 11.1 Å². The highest BCUT2D eigenvalue weighted by Gasteiger charge is 2.32. The fourth-order valence-corrected chi connectivity index (χ4v) is 0.821. The van der Waals surface area contributed by atoms with Crippen molar-refractivity contribution in [3.63, 3.8) is 0 Å². The molecule has 0 spiro atoms. The van der Waals surface area contributed by atoms with E-state index >= 15 is 0 Å². The number of quaternary nitrogens is 1. The Bertz CT molecular complexity index is 301. The largest absolute Gasteiger partial charge is 1.00 e. The van der Waals surface area contributed by atoms with Gasteiger partial charge in [-0.25, -0.2) is 14.5 Å².